The highest BCUT2D eigenvalue weighted by Crippen LogP contribution is 2.13. The van der Waals surface area contributed by atoms with Gasteiger partial charge in [-0.1, -0.05) is 13.8 Å². The first-order chi connectivity index (χ1) is 7.54. The molecule has 1 atom stereocenters. The van der Waals surface area contributed by atoms with Gasteiger partial charge in [0.2, 0.25) is 5.95 Å². The zero-order valence-electron chi connectivity index (χ0n) is 10.2. The third kappa shape index (κ3) is 3.18. The largest absolute Gasteiger partial charge is 0.369 e. The van der Waals surface area contributed by atoms with E-state index in [0.29, 0.717) is 11.5 Å². The molecule has 0 bridgehead atoms. The van der Waals surface area contributed by atoms with Crippen LogP contribution in [-0.4, -0.2) is 35.3 Å². The fourth-order valence-electron chi connectivity index (χ4n) is 1.20. The molecule has 1 aromatic rings. The van der Waals surface area contributed by atoms with Crippen LogP contribution < -0.4 is 5.56 Å². The van der Waals surface area contributed by atoms with Gasteiger partial charge in [0.15, 0.2) is 0 Å². The van der Waals surface area contributed by atoms with Gasteiger partial charge in [0.05, 0.1) is 6.34 Å². The van der Waals surface area contributed by atoms with Gasteiger partial charge in [-0.2, -0.15) is 0 Å². The van der Waals surface area contributed by atoms with E-state index in [4.69, 9.17) is 0 Å². The lowest BCUT2D eigenvalue weighted by molar-refractivity contribution is 0.642. The molecule has 1 aromatic heterocycles. The Bertz CT molecular complexity index is 422. The third-order valence-corrected chi connectivity index (χ3v) is 2.37. The van der Waals surface area contributed by atoms with Crippen molar-refractivity contribution in [2.75, 3.05) is 14.1 Å². The molecule has 1 N–H and O–H groups in total. The van der Waals surface area contributed by atoms with E-state index in [0.717, 1.165) is 6.42 Å². The van der Waals surface area contributed by atoms with Crippen LogP contribution in [0.3, 0.4) is 0 Å². The quantitative estimate of drug-likeness (QED) is 0.620. The molecule has 1 rings (SSSR count). The Kier molecular flexibility index (Phi) is 4.22. The number of aliphatic imine (C=N–C) groups is 1. The third-order valence-electron chi connectivity index (χ3n) is 2.37. The van der Waals surface area contributed by atoms with Gasteiger partial charge in [-0.3, -0.25) is 9.78 Å². The fraction of sp³-hybridized carbons (Fsp3) is 0.545. The summed E-state index contributed by atoms with van der Waals surface area (Å²) in [6, 6.07) is 0. The summed E-state index contributed by atoms with van der Waals surface area (Å²) in [5.41, 5.74) is 0.613. The fourth-order valence-corrected chi connectivity index (χ4v) is 1.20. The molecule has 88 valence electrons. The molecule has 0 aliphatic carbocycles. The highest BCUT2D eigenvalue weighted by Gasteiger charge is 2.08. The first-order valence-electron chi connectivity index (χ1n) is 5.34. The SMILES string of the molecule is CCC(C)c1cnc(/N=C/N(C)C)[nH]c1=O. The van der Waals surface area contributed by atoms with E-state index in [2.05, 4.69) is 15.0 Å². The Morgan fingerprint density at radius 3 is 2.81 bits per heavy atom. The number of nitrogens with zero attached hydrogens (tertiary/aromatic N) is 3. The maximum atomic E-state index is 11.7. The Morgan fingerprint density at radius 2 is 2.31 bits per heavy atom. The van der Waals surface area contributed by atoms with Gasteiger partial charge < -0.3 is 4.90 Å². The number of nitrogens with one attached hydrogen (secondary N) is 1. The first kappa shape index (κ1) is 12.4. The van der Waals surface area contributed by atoms with Crippen LogP contribution in [0.15, 0.2) is 16.0 Å². The van der Waals surface area contributed by atoms with Gasteiger partial charge in [-0.05, 0) is 12.3 Å². The molecule has 1 unspecified atom stereocenters. The molecule has 0 aromatic carbocycles. The molecule has 16 heavy (non-hydrogen) atoms. The normalized spacial score (nSPS) is 13.0. The molecule has 0 saturated heterocycles. The monoisotopic (exact) mass is 222 g/mol. The number of H-pyrrole nitrogens is 1. The standard InChI is InChI=1S/C11H18N4O/c1-5-8(2)9-6-12-11(14-10(9)16)13-7-15(3)4/h6-8H,5H2,1-4H3,(H,12,14,16)/b13-7+. The van der Waals surface area contributed by atoms with Gasteiger partial charge in [0.1, 0.15) is 0 Å². The molecule has 5 heteroatoms. The molecule has 0 fully saturated rings. The molecular formula is C11H18N4O. The van der Waals surface area contributed by atoms with Crippen molar-refractivity contribution in [1.29, 1.82) is 0 Å². The van der Waals surface area contributed by atoms with Gasteiger partial charge in [0.25, 0.3) is 5.56 Å². The van der Waals surface area contributed by atoms with Gasteiger partial charge >= 0.3 is 0 Å². The van der Waals surface area contributed by atoms with E-state index in [1.807, 2.05) is 27.9 Å². The Balaban J connectivity index is 2.96. The molecule has 5 nitrogen and oxygen atoms in total. The average molecular weight is 222 g/mol. The van der Waals surface area contributed by atoms with Crippen molar-refractivity contribution in [3.63, 3.8) is 0 Å². The van der Waals surface area contributed by atoms with Crippen molar-refractivity contribution in [3.8, 4) is 0 Å². The summed E-state index contributed by atoms with van der Waals surface area (Å²) in [4.78, 5) is 24.3. The topological polar surface area (TPSA) is 61.4 Å². The predicted octanol–water partition coefficient (Wildman–Crippen LogP) is 1.50. The highest BCUT2D eigenvalue weighted by atomic mass is 16.1. The van der Waals surface area contributed by atoms with Crippen LogP contribution in [0.2, 0.25) is 0 Å². The first-order valence-corrected chi connectivity index (χ1v) is 5.34. The minimum absolute atomic E-state index is 0.102. The summed E-state index contributed by atoms with van der Waals surface area (Å²) in [6.07, 6.45) is 4.13. The number of aromatic nitrogens is 2. The van der Waals surface area contributed by atoms with E-state index in [-0.39, 0.29) is 11.5 Å². The van der Waals surface area contributed by atoms with E-state index in [9.17, 15) is 4.79 Å². The van der Waals surface area contributed by atoms with Crippen LogP contribution in [0.4, 0.5) is 5.95 Å². The van der Waals surface area contributed by atoms with Crippen LogP contribution in [-0.2, 0) is 0 Å². The van der Waals surface area contributed by atoms with Crippen LogP contribution in [0, 0.1) is 0 Å². The van der Waals surface area contributed by atoms with Gasteiger partial charge in [-0.25, -0.2) is 9.98 Å². The molecule has 0 aliphatic rings. The highest BCUT2D eigenvalue weighted by molar-refractivity contribution is 5.57. The van der Waals surface area contributed by atoms with E-state index in [1.165, 1.54) is 0 Å². The minimum atomic E-state index is -0.102. The maximum absolute atomic E-state index is 11.7. The molecule has 0 saturated carbocycles. The smallest absolute Gasteiger partial charge is 0.255 e. The number of hydrogen-bond acceptors (Lipinski definition) is 3. The summed E-state index contributed by atoms with van der Waals surface area (Å²) in [5.74, 6) is 0.564. The second-order valence-corrected chi connectivity index (χ2v) is 4.01. The van der Waals surface area contributed by atoms with Crippen molar-refractivity contribution >= 4 is 12.3 Å². The zero-order chi connectivity index (χ0) is 12.1. The Morgan fingerprint density at radius 1 is 1.62 bits per heavy atom. The van der Waals surface area contributed by atoms with E-state index in [1.54, 1.807) is 17.4 Å². The number of aromatic amines is 1. The lowest BCUT2D eigenvalue weighted by atomic mass is 10.0. The molecule has 1 heterocycles. The van der Waals surface area contributed by atoms with Gasteiger partial charge in [0, 0.05) is 25.9 Å². The van der Waals surface area contributed by atoms with Gasteiger partial charge in [-0.15, -0.1) is 0 Å². The molecular weight excluding hydrogens is 204 g/mol. The van der Waals surface area contributed by atoms with Crippen LogP contribution in [0.25, 0.3) is 0 Å². The summed E-state index contributed by atoms with van der Waals surface area (Å²) < 4.78 is 0. The van der Waals surface area contributed by atoms with Crippen LogP contribution >= 0.6 is 0 Å². The summed E-state index contributed by atoms with van der Waals surface area (Å²) in [5, 5.41) is 0. The molecule has 0 amide bonds. The van der Waals surface area contributed by atoms with Crippen molar-refractivity contribution < 1.29 is 0 Å². The summed E-state index contributed by atoms with van der Waals surface area (Å²) >= 11 is 0. The molecule has 0 radical (unpaired) electrons. The van der Waals surface area contributed by atoms with Crippen molar-refractivity contribution in [2.24, 2.45) is 4.99 Å². The molecule has 0 spiro atoms. The van der Waals surface area contributed by atoms with E-state index < -0.39 is 0 Å². The minimum Gasteiger partial charge on any atom is -0.369 e. The van der Waals surface area contributed by atoms with Crippen molar-refractivity contribution in [1.82, 2.24) is 14.9 Å². The number of hydrogen-bond donors (Lipinski definition) is 1. The predicted molar refractivity (Wildman–Crippen MR) is 65.4 cm³/mol. The van der Waals surface area contributed by atoms with Crippen LogP contribution in [0.5, 0.6) is 0 Å². The second kappa shape index (κ2) is 5.44. The Labute approximate surface area is 95.2 Å². The van der Waals surface area contributed by atoms with Crippen molar-refractivity contribution in [2.45, 2.75) is 26.2 Å². The lowest BCUT2D eigenvalue weighted by Crippen LogP contribution is -2.15. The Hall–Kier alpha value is -1.65. The average Bonchev–Trinajstić information content (AvgIpc) is 2.25. The summed E-state index contributed by atoms with van der Waals surface area (Å²) in [7, 11) is 3.71. The summed E-state index contributed by atoms with van der Waals surface area (Å²) in [6.45, 7) is 4.05. The second-order valence-electron chi connectivity index (χ2n) is 4.01. The van der Waals surface area contributed by atoms with Crippen molar-refractivity contribution in [3.05, 3.63) is 22.1 Å². The number of rotatable bonds is 4. The lowest BCUT2D eigenvalue weighted by Gasteiger charge is -2.07. The van der Waals surface area contributed by atoms with Crippen LogP contribution in [0.1, 0.15) is 31.7 Å². The maximum Gasteiger partial charge on any atom is 0.255 e. The zero-order valence-corrected chi connectivity index (χ0v) is 10.2. The molecule has 0 aliphatic heterocycles. The van der Waals surface area contributed by atoms with E-state index >= 15 is 0 Å².